The number of nitrogens with zero attached hydrogens (tertiary/aromatic N) is 3. The highest BCUT2D eigenvalue weighted by molar-refractivity contribution is 5.94. The summed E-state index contributed by atoms with van der Waals surface area (Å²) in [5, 5.41) is 3.21. The molecule has 2 aliphatic rings. The molecule has 1 amide bonds. The number of rotatable bonds is 4. The second-order valence-electron chi connectivity index (χ2n) is 6.60. The van der Waals surface area contributed by atoms with Crippen molar-refractivity contribution in [1.82, 2.24) is 20.1 Å². The van der Waals surface area contributed by atoms with Crippen molar-refractivity contribution >= 4 is 5.91 Å². The van der Waals surface area contributed by atoms with Crippen LogP contribution >= 0.6 is 0 Å². The van der Waals surface area contributed by atoms with E-state index < -0.39 is 0 Å². The highest BCUT2D eigenvalue weighted by Gasteiger charge is 2.35. The van der Waals surface area contributed by atoms with Gasteiger partial charge < -0.3 is 10.2 Å². The summed E-state index contributed by atoms with van der Waals surface area (Å²) in [6.07, 6.45) is 4.77. The van der Waals surface area contributed by atoms with Gasteiger partial charge in [-0.05, 0) is 32.0 Å². The van der Waals surface area contributed by atoms with Crippen molar-refractivity contribution in [2.75, 3.05) is 33.2 Å². The summed E-state index contributed by atoms with van der Waals surface area (Å²) in [7, 11) is 2.18. The predicted octanol–water partition coefficient (Wildman–Crippen LogP) is 1.15. The van der Waals surface area contributed by atoms with Gasteiger partial charge in [0.1, 0.15) is 0 Å². The molecule has 2 atom stereocenters. The number of aromatic nitrogens is 1. The normalized spacial score (nSPS) is 25.9. The number of carbonyl (C=O) groups excluding carboxylic acids is 1. The first kappa shape index (κ1) is 15.4. The molecule has 1 N–H and O–H groups in total. The summed E-state index contributed by atoms with van der Waals surface area (Å²) >= 11 is 0. The number of piperazine rings is 1. The minimum absolute atomic E-state index is 0.0398. The first-order chi connectivity index (χ1) is 10.7. The van der Waals surface area contributed by atoms with Crippen LogP contribution in [0.5, 0.6) is 0 Å². The average molecular weight is 302 g/mol. The van der Waals surface area contributed by atoms with E-state index in [1.165, 1.54) is 0 Å². The molecule has 0 spiro atoms. The second kappa shape index (κ2) is 6.75. The van der Waals surface area contributed by atoms with E-state index in [1.54, 1.807) is 6.20 Å². The lowest BCUT2D eigenvalue weighted by Gasteiger charge is -2.34. The molecule has 1 aromatic heterocycles. The van der Waals surface area contributed by atoms with Crippen LogP contribution in [-0.4, -0.2) is 66.0 Å². The minimum Gasteiger partial charge on any atom is -0.348 e. The average Bonchev–Trinajstić information content (AvgIpc) is 2.89. The van der Waals surface area contributed by atoms with Crippen LogP contribution in [0.2, 0.25) is 0 Å². The van der Waals surface area contributed by atoms with E-state index in [4.69, 9.17) is 0 Å². The van der Waals surface area contributed by atoms with Crippen LogP contribution in [0.1, 0.15) is 35.8 Å². The Hall–Kier alpha value is -1.46. The molecule has 0 aromatic carbocycles. The van der Waals surface area contributed by atoms with Gasteiger partial charge in [0.2, 0.25) is 0 Å². The largest absolute Gasteiger partial charge is 0.348 e. The van der Waals surface area contributed by atoms with E-state index in [1.807, 2.05) is 12.1 Å². The van der Waals surface area contributed by atoms with Gasteiger partial charge in [0.15, 0.2) is 0 Å². The summed E-state index contributed by atoms with van der Waals surface area (Å²) in [4.78, 5) is 21.7. The molecule has 2 fully saturated rings. The van der Waals surface area contributed by atoms with Crippen LogP contribution in [0.3, 0.4) is 0 Å². The highest BCUT2D eigenvalue weighted by Crippen LogP contribution is 2.21. The topological polar surface area (TPSA) is 48.5 Å². The molecule has 3 heterocycles. The summed E-state index contributed by atoms with van der Waals surface area (Å²) in [6.45, 7) is 6.46. The number of fused-ring (bicyclic) bond motifs is 1. The molecule has 5 nitrogen and oxygen atoms in total. The molecule has 120 valence electrons. The van der Waals surface area contributed by atoms with Gasteiger partial charge in [-0.15, -0.1) is 0 Å². The maximum atomic E-state index is 12.5. The fraction of sp³-hybridized carbons (Fsp3) is 0.647. The summed E-state index contributed by atoms with van der Waals surface area (Å²) in [5.74, 6) is 0.0398. The molecule has 0 unspecified atom stereocenters. The molecule has 3 rings (SSSR count). The Balaban J connectivity index is 1.59. The summed E-state index contributed by atoms with van der Waals surface area (Å²) < 4.78 is 0. The first-order valence-electron chi connectivity index (χ1n) is 8.34. The summed E-state index contributed by atoms with van der Waals surface area (Å²) in [5.41, 5.74) is 1.74. The minimum atomic E-state index is 0.0398. The molecular weight excluding hydrogens is 276 g/mol. The molecule has 1 aromatic rings. The van der Waals surface area contributed by atoms with Gasteiger partial charge in [0.05, 0.1) is 0 Å². The second-order valence-corrected chi connectivity index (χ2v) is 6.60. The molecular formula is C17H26N4O. The number of likely N-dealkylation sites (N-methyl/N-ethyl adjacent to an activating group) is 1. The number of nitrogens with one attached hydrogen (secondary N) is 1. The Morgan fingerprint density at radius 3 is 3.09 bits per heavy atom. The van der Waals surface area contributed by atoms with Crippen LogP contribution in [-0.2, 0) is 6.42 Å². The third-order valence-corrected chi connectivity index (χ3v) is 4.74. The van der Waals surface area contributed by atoms with Crippen LogP contribution in [0.4, 0.5) is 0 Å². The maximum Gasteiger partial charge on any atom is 0.251 e. The van der Waals surface area contributed by atoms with Crippen LogP contribution in [0.25, 0.3) is 0 Å². The van der Waals surface area contributed by atoms with Gasteiger partial charge in [-0.2, -0.15) is 0 Å². The van der Waals surface area contributed by atoms with Crippen molar-refractivity contribution < 1.29 is 4.79 Å². The number of aryl methyl sites for hydroxylation is 1. The van der Waals surface area contributed by atoms with Crippen molar-refractivity contribution in [2.45, 2.75) is 38.3 Å². The van der Waals surface area contributed by atoms with E-state index in [0.29, 0.717) is 6.04 Å². The Morgan fingerprint density at radius 2 is 2.27 bits per heavy atom. The lowest BCUT2D eigenvalue weighted by Crippen LogP contribution is -2.48. The maximum absolute atomic E-state index is 12.5. The highest BCUT2D eigenvalue weighted by atomic mass is 16.1. The van der Waals surface area contributed by atoms with Crippen molar-refractivity contribution in [1.29, 1.82) is 0 Å². The van der Waals surface area contributed by atoms with Gasteiger partial charge in [-0.1, -0.05) is 13.3 Å². The van der Waals surface area contributed by atoms with Gasteiger partial charge in [-0.3, -0.25) is 14.7 Å². The molecule has 0 bridgehead atoms. The molecule has 2 saturated heterocycles. The van der Waals surface area contributed by atoms with Crippen molar-refractivity contribution in [3.05, 3.63) is 29.6 Å². The molecule has 2 aliphatic heterocycles. The molecule has 0 saturated carbocycles. The fourth-order valence-electron chi connectivity index (χ4n) is 3.58. The van der Waals surface area contributed by atoms with Gasteiger partial charge in [0, 0.05) is 55.7 Å². The molecule has 22 heavy (non-hydrogen) atoms. The van der Waals surface area contributed by atoms with Crippen LogP contribution in [0.15, 0.2) is 18.3 Å². The third-order valence-electron chi connectivity index (χ3n) is 4.74. The number of amides is 1. The zero-order valence-corrected chi connectivity index (χ0v) is 13.6. The standard InChI is InChI=1S/C17H26N4O/c1-3-4-14-9-13(5-6-18-14)17(22)19-15-10-16-12-20(2)7-8-21(16)11-15/h5-6,9,15-16H,3-4,7-8,10-12H2,1-2H3,(H,19,22)/t15-,16-/m0/s1. The molecule has 0 aliphatic carbocycles. The van der Waals surface area contributed by atoms with E-state index in [0.717, 1.165) is 56.7 Å². The zero-order valence-electron chi connectivity index (χ0n) is 13.6. The fourth-order valence-corrected chi connectivity index (χ4v) is 3.58. The number of hydrogen-bond acceptors (Lipinski definition) is 4. The third kappa shape index (κ3) is 3.47. The quantitative estimate of drug-likeness (QED) is 0.906. The first-order valence-corrected chi connectivity index (χ1v) is 8.34. The Kier molecular flexibility index (Phi) is 4.74. The Morgan fingerprint density at radius 1 is 1.41 bits per heavy atom. The smallest absolute Gasteiger partial charge is 0.251 e. The molecule has 5 heteroatoms. The van der Waals surface area contributed by atoms with Gasteiger partial charge >= 0.3 is 0 Å². The SMILES string of the molecule is CCCc1cc(C(=O)N[C@H]2C[C@H]3CN(C)CCN3C2)ccn1. The summed E-state index contributed by atoms with van der Waals surface area (Å²) in [6, 6.07) is 4.60. The molecule has 0 radical (unpaired) electrons. The van der Waals surface area contributed by atoms with Crippen LogP contribution in [0, 0.1) is 0 Å². The zero-order chi connectivity index (χ0) is 15.5. The van der Waals surface area contributed by atoms with E-state index >= 15 is 0 Å². The van der Waals surface area contributed by atoms with Gasteiger partial charge in [0.25, 0.3) is 5.91 Å². The van der Waals surface area contributed by atoms with Crippen molar-refractivity contribution in [2.24, 2.45) is 0 Å². The Labute approximate surface area is 132 Å². The number of pyridine rings is 1. The Bertz CT molecular complexity index is 533. The lowest BCUT2D eigenvalue weighted by atomic mass is 10.1. The monoisotopic (exact) mass is 302 g/mol. The lowest BCUT2D eigenvalue weighted by molar-refractivity contribution is 0.0936. The van der Waals surface area contributed by atoms with E-state index in [9.17, 15) is 4.79 Å². The number of hydrogen-bond donors (Lipinski definition) is 1. The van der Waals surface area contributed by atoms with E-state index in [2.05, 4.69) is 34.1 Å². The van der Waals surface area contributed by atoms with Gasteiger partial charge in [-0.25, -0.2) is 0 Å². The number of carbonyl (C=O) groups is 1. The predicted molar refractivity (Wildman–Crippen MR) is 87.0 cm³/mol. The van der Waals surface area contributed by atoms with Crippen LogP contribution < -0.4 is 5.32 Å². The van der Waals surface area contributed by atoms with E-state index in [-0.39, 0.29) is 11.9 Å². The van der Waals surface area contributed by atoms with Crippen molar-refractivity contribution in [3.63, 3.8) is 0 Å². The van der Waals surface area contributed by atoms with Crippen molar-refractivity contribution in [3.8, 4) is 0 Å².